The third-order valence-corrected chi connectivity index (χ3v) is 1.41. The van der Waals surface area contributed by atoms with Crippen LogP contribution in [-0.2, 0) is 4.79 Å². The fourth-order valence-corrected chi connectivity index (χ4v) is 0.758. The van der Waals surface area contributed by atoms with Crippen LogP contribution in [0.1, 0.15) is 5.56 Å². The Hall–Kier alpha value is -1.35. The van der Waals surface area contributed by atoms with Crippen LogP contribution in [0.4, 0.5) is 5.69 Å². The number of benzene rings is 1. The molecule has 0 aliphatic rings. The van der Waals surface area contributed by atoms with E-state index in [1.807, 2.05) is 19.1 Å². The van der Waals surface area contributed by atoms with Crippen molar-refractivity contribution in [2.75, 3.05) is 5.01 Å². The standard InChI is InChI=1S/C8H9N2O/c1-7-2-4-8(5-3-7)10(9)6-11/h2-5H,9H2,1H3. The largest absolute Gasteiger partial charge is 0.332 e. The second-order valence-corrected chi connectivity index (χ2v) is 2.30. The fourth-order valence-electron chi connectivity index (χ4n) is 0.758. The Morgan fingerprint density at radius 3 is 2.36 bits per heavy atom. The average Bonchev–Trinajstić information content (AvgIpc) is 2.05. The maximum atomic E-state index is 10.1. The topological polar surface area (TPSA) is 46.3 Å². The van der Waals surface area contributed by atoms with E-state index >= 15 is 0 Å². The molecule has 11 heavy (non-hydrogen) atoms. The SMILES string of the molecule is Cc1ccc(N(N)[C]=O)cc1. The molecule has 0 atom stereocenters. The van der Waals surface area contributed by atoms with Crippen LogP contribution < -0.4 is 10.9 Å². The van der Waals surface area contributed by atoms with Crippen molar-refractivity contribution < 1.29 is 4.79 Å². The van der Waals surface area contributed by atoms with Crippen molar-refractivity contribution in [3.63, 3.8) is 0 Å². The summed E-state index contributed by atoms with van der Waals surface area (Å²) in [5, 5.41) is 0.916. The Labute approximate surface area is 65.4 Å². The van der Waals surface area contributed by atoms with Crippen LogP contribution >= 0.6 is 0 Å². The molecule has 3 heteroatoms. The smallest absolute Gasteiger partial charge is 0.261 e. The Kier molecular flexibility index (Phi) is 2.23. The first-order valence-electron chi connectivity index (χ1n) is 3.23. The first-order chi connectivity index (χ1) is 5.24. The van der Waals surface area contributed by atoms with Crippen LogP contribution in [0.3, 0.4) is 0 Å². The minimum atomic E-state index is 0.644. The second kappa shape index (κ2) is 3.16. The molecule has 0 spiro atoms. The summed E-state index contributed by atoms with van der Waals surface area (Å²) >= 11 is 0. The summed E-state index contributed by atoms with van der Waals surface area (Å²) in [6.45, 7) is 1.97. The van der Waals surface area contributed by atoms with Gasteiger partial charge in [-0.05, 0) is 19.1 Å². The van der Waals surface area contributed by atoms with Gasteiger partial charge in [-0.1, -0.05) is 17.7 Å². The molecule has 0 saturated carbocycles. The molecule has 1 rings (SSSR count). The molecule has 0 fully saturated rings. The van der Waals surface area contributed by atoms with E-state index in [4.69, 9.17) is 5.84 Å². The van der Waals surface area contributed by atoms with Crippen LogP contribution in [-0.4, -0.2) is 6.41 Å². The molecule has 1 aromatic rings. The van der Waals surface area contributed by atoms with Crippen molar-refractivity contribution in [1.29, 1.82) is 0 Å². The number of anilines is 1. The average molecular weight is 149 g/mol. The van der Waals surface area contributed by atoms with Crippen molar-refractivity contribution in [1.82, 2.24) is 0 Å². The lowest BCUT2D eigenvalue weighted by Gasteiger charge is -2.07. The highest BCUT2D eigenvalue weighted by atomic mass is 16.1. The molecule has 1 amide bonds. The maximum Gasteiger partial charge on any atom is 0.332 e. The molecule has 57 valence electrons. The number of rotatable bonds is 2. The Bertz CT molecular complexity index is 243. The van der Waals surface area contributed by atoms with E-state index in [0.29, 0.717) is 5.69 Å². The quantitative estimate of drug-likeness (QED) is 0.292. The zero-order valence-electron chi connectivity index (χ0n) is 6.24. The van der Waals surface area contributed by atoms with Gasteiger partial charge in [0.2, 0.25) is 0 Å². The maximum absolute atomic E-state index is 10.1. The molecule has 1 radical (unpaired) electrons. The van der Waals surface area contributed by atoms with Gasteiger partial charge in [0.1, 0.15) is 0 Å². The molecule has 0 saturated heterocycles. The van der Waals surface area contributed by atoms with Crippen LogP contribution in [0.15, 0.2) is 24.3 Å². The van der Waals surface area contributed by atoms with Gasteiger partial charge in [0.25, 0.3) is 0 Å². The van der Waals surface area contributed by atoms with E-state index < -0.39 is 0 Å². The summed E-state index contributed by atoms with van der Waals surface area (Å²) in [7, 11) is 0. The number of hydrazine groups is 1. The van der Waals surface area contributed by atoms with E-state index in [-0.39, 0.29) is 0 Å². The van der Waals surface area contributed by atoms with Crippen LogP contribution in [0.5, 0.6) is 0 Å². The lowest BCUT2D eigenvalue weighted by atomic mass is 10.2. The zero-order chi connectivity index (χ0) is 8.27. The summed E-state index contributed by atoms with van der Waals surface area (Å²) in [5.41, 5.74) is 1.78. The van der Waals surface area contributed by atoms with Gasteiger partial charge in [0, 0.05) is 0 Å². The monoisotopic (exact) mass is 149 g/mol. The number of nitrogens with zero attached hydrogens (tertiary/aromatic N) is 1. The van der Waals surface area contributed by atoms with Crippen molar-refractivity contribution in [3.05, 3.63) is 29.8 Å². The molecule has 0 heterocycles. The van der Waals surface area contributed by atoms with Crippen molar-refractivity contribution >= 4 is 12.1 Å². The molecule has 1 aromatic carbocycles. The predicted octanol–water partition coefficient (Wildman–Crippen LogP) is 0.742. The van der Waals surface area contributed by atoms with Gasteiger partial charge in [-0.25, -0.2) is 10.9 Å². The van der Waals surface area contributed by atoms with Crippen LogP contribution in [0.25, 0.3) is 0 Å². The zero-order valence-corrected chi connectivity index (χ0v) is 6.24. The van der Waals surface area contributed by atoms with E-state index in [1.165, 1.54) is 0 Å². The molecule has 0 bridgehead atoms. The Morgan fingerprint density at radius 1 is 1.36 bits per heavy atom. The summed E-state index contributed by atoms with van der Waals surface area (Å²) in [4.78, 5) is 10.1. The number of carbonyl (C=O) groups excluding carboxylic acids is 1. The third-order valence-electron chi connectivity index (χ3n) is 1.41. The van der Waals surface area contributed by atoms with Gasteiger partial charge >= 0.3 is 6.41 Å². The van der Waals surface area contributed by atoms with Crippen molar-refractivity contribution in [2.24, 2.45) is 5.84 Å². The molecule has 0 aliphatic heterocycles. The van der Waals surface area contributed by atoms with Gasteiger partial charge in [-0.15, -0.1) is 0 Å². The number of aryl methyl sites for hydroxylation is 1. The van der Waals surface area contributed by atoms with Gasteiger partial charge in [0.05, 0.1) is 5.69 Å². The minimum Gasteiger partial charge on any atom is -0.261 e. The summed E-state index contributed by atoms with van der Waals surface area (Å²) in [5.74, 6) is 5.25. The Morgan fingerprint density at radius 2 is 1.91 bits per heavy atom. The molecular weight excluding hydrogens is 140 g/mol. The second-order valence-electron chi connectivity index (χ2n) is 2.30. The van der Waals surface area contributed by atoms with Gasteiger partial charge in [-0.3, -0.25) is 4.79 Å². The summed E-state index contributed by atoms with van der Waals surface area (Å²) < 4.78 is 0. The summed E-state index contributed by atoms with van der Waals surface area (Å²) in [6.07, 6.45) is 1.56. The van der Waals surface area contributed by atoms with E-state index in [1.54, 1.807) is 18.5 Å². The number of hydrogen-bond donors (Lipinski definition) is 1. The number of nitrogens with two attached hydrogens (primary N) is 1. The van der Waals surface area contributed by atoms with Gasteiger partial charge in [-0.2, -0.15) is 0 Å². The molecule has 3 nitrogen and oxygen atoms in total. The van der Waals surface area contributed by atoms with Gasteiger partial charge < -0.3 is 0 Å². The molecule has 0 unspecified atom stereocenters. The molecular formula is C8H9N2O. The van der Waals surface area contributed by atoms with E-state index in [9.17, 15) is 4.79 Å². The van der Waals surface area contributed by atoms with Crippen LogP contribution in [0.2, 0.25) is 0 Å². The Balaban J connectivity index is 2.89. The fraction of sp³-hybridized carbons (Fsp3) is 0.125. The minimum absolute atomic E-state index is 0.644. The highest BCUT2D eigenvalue weighted by Crippen LogP contribution is 2.09. The first-order valence-corrected chi connectivity index (χ1v) is 3.23. The highest BCUT2D eigenvalue weighted by Gasteiger charge is 1.97. The normalized spacial score (nSPS) is 9.27. The van der Waals surface area contributed by atoms with Gasteiger partial charge in [0.15, 0.2) is 0 Å². The lowest BCUT2D eigenvalue weighted by Crippen LogP contribution is -2.28. The van der Waals surface area contributed by atoms with E-state index in [0.717, 1.165) is 10.6 Å². The van der Waals surface area contributed by atoms with Crippen LogP contribution in [0, 0.1) is 6.92 Å². The lowest BCUT2D eigenvalue weighted by molar-refractivity contribution is 0.552. The third kappa shape index (κ3) is 1.78. The molecule has 2 N–H and O–H groups in total. The molecule has 0 aromatic heterocycles. The number of amides is 1. The van der Waals surface area contributed by atoms with Crippen molar-refractivity contribution in [2.45, 2.75) is 6.92 Å². The molecule has 0 aliphatic carbocycles. The van der Waals surface area contributed by atoms with Crippen molar-refractivity contribution in [3.8, 4) is 0 Å². The summed E-state index contributed by atoms with van der Waals surface area (Å²) in [6, 6.07) is 7.29. The number of hydrogen-bond acceptors (Lipinski definition) is 2. The highest BCUT2D eigenvalue weighted by molar-refractivity contribution is 5.73. The van der Waals surface area contributed by atoms with E-state index in [2.05, 4.69) is 0 Å². The first kappa shape index (κ1) is 7.75. The predicted molar refractivity (Wildman–Crippen MR) is 43.5 cm³/mol.